The van der Waals surface area contributed by atoms with Gasteiger partial charge in [0.2, 0.25) is 0 Å². The van der Waals surface area contributed by atoms with Crippen LogP contribution in [0, 0.1) is 0 Å². The highest BCUT2D eigenvalue weighted by atomic mass is 32.2. The zero-order valence-corrected chi connectivity index (χ0v) is 11.2. The molecule has 0 aromatic heterocycles. The third-order valence-corrected chi connectivity index (χ3v) is 3.00. The Labute approximate surface area is 107 Å². The van der Waals surface area contributed by atoms with Crippen LogP contribution in [0.5, 0.6) is 0 Å². The molecular formula is C11H16N2O4S. The lowest BCUT2D eigenvalue weighted by molar-refractivity contribution is 0.0378. The number of hydrogen-bond acceptors (Lipinski definition) is 4. The summed E-state index contributed by atoms with van der Waals surface area (Å²) >= 11 is 0. The van der Waals surface area contributed by atoms with Gasteiger partial charge < -0.3 is 4.74 Å². The molecular weight excluding hydrogens is 256 g/mol. The molecule has 0 bridgehead atoms. The summed E-state index contributed by atoms with van der Waals surface area (Å²) in [6.45, 7) is 3.48. The van der Waals surface area contributed by atoms with Crippen LogP contribution in [0.1, 0.15) is 24.2 Å². The van der Waals surface area contributed by atoms with Crippen molar-refractivity contribution in [3.63, 3.8) is 0 Å². The highest BCUT2D eigenvalue weighted by Crippen LogP contribution is 2.13. The molecule has 0 aliphatic heterocycles. The van der Waals surface area contributed by atoms with Gasteiger partial charge in [-0.25, -0.2) is 9.52 Å². The summed E-state index contributed by atoms with van der Waals surface area (Å²) in [6, 6.07) is 6.09. The first-order valence-corrected chi connectivity index (χ1v) is 6.84. The average molecular weight is 272 g/mol. The summed E-state index contributed by atoms with van der Waals surface area (Å²) in [6.07, 6.45) is -0.227. The summed E-state index contributed by atoms with van der Waals surface area (Å²) in [5.41, 5.74) is 0.586. The maximum atomic E-state index is 11.6. The SMILES string of the molecule is CNS(=O)(=O)Nc1cccc(C(=O)OC(C)C)c1. The first-order chi connectivity index (χ1) is 8.34. The molecule has 0 aliphatic carbocycles. The number of hydrogen-bond donors (Lipinski definition) is 2. The lowest BCUT2D eigenvalue weighted by atomic mass is 10.2. The lowest BCUT2D eigenvalue weighted by Gasteiger charge is -2.10. The first-order valence-electron chi connectivity index (χ1n) is 5.36. The summed E-state index contributed by atoms with van der Waals surface area (Å²) in [4.78, 5) is 11.6. The Bertz CT molecular complexity index is 526. The molecule has 7 heteroatoms. The standard InChI is InChI=1S/C11H16N2O4S/c1-8(2)17-11(14)9-5-4-6-10(7-9)13-18(15,16)12-3/h4-8,12-13H,1-3H3. The molecule has 0 spiro atoms. The van der Waals surface area contributed by atoms with Crippen LogP contribution in [0.15, 0.2) is 24.3 Å². The molecule has 2 N–H and O–H groups in total. The van der Waals surface area contributed by atoms with Gasteiger partial charge in [-0.1, -0.05) is 6.07 Å². The van der Waals surface area contributed by atoms with Crippen molar-refractivity contribution in [1.29, 1.82) is 0 Å². The second-order valence-electron chi connectivity index (χ2n) is 3.84. The van der Waals surface area contributed by atoms with Crippen molar-refractivity contribution in [3.05, 3.63) is 29.8 Å². The zero-order chi connectivity index (χ0) is 13.8. The number of carbonyl (C=O) groups excluding carboxylic acids is 1. The first kappa shape index (κ1) is 14.5. The number of carbonyl (C=O) groups is 1. The average Bonchev–Trinajstić information content (AvgIpc) is 2.28. The van der Waals surface area contributed by atoms with Crippen LogP contribution in [-0.4, -0.2) is 27.5 Å². The molecule has 0 heterocycles. The van der Waals surface area contributed by atoms with Crippen LogP contribution in [0.4, 0.5) is 5.69 Å². The van der Waals surface area contributed by atoms with Gasteiger partial charge in [0, 0.05) is 7.05 Å². The summed E-state index contributed by atoms with van der Waals surface area (Å²) in [5.74, 6) is -0.490. The van der Waals surface area contributed by atoms with Crippen LogP contribution in [0.3, 0.4) is 0 Å². The van der Waals surface area contributed by atoms with Crippen molar-refractivity contribution in [2.45, 2.75) is 20.0 Å². The predicted octanol–water partition coefficient (Wildman–Crippen LogP) is 1.13. The summed E-state index contributed by atoms with van der Waals surface area (Å²) in [5, 5.41) is 0. The molecule has 1 aromatic rings. The van der Waals surface area contributed by atoms with Gasteiger partial charge in [0.25, 0.3) is 10.2 Å². The molecule has 0 fully saturated rings. The van der Waals surface area contributed by atoms with Crippen molar-refractivity contribution in [3.8, 4) is 0 Å². The van der Waals surface area contributed by atoms with E-state index in [0.29, 0.717) is 11.3 Å². The molecule has 0 saturated heterocycles. The van der Waals surface area contributed by atoms with Crippen LogP contribution in [0.2, 0.25) is 0 Å². The third kappa shape index (κ3) is 4.34. The maximum Gasteiger partial charge on any atom is 0.338 e. The van der Waals surface area contributed by atoms with Crippen molar-refractivity contribution >= 4 is 21.9 Å². The van der Waals surface area contributed by atoms with E-state index in [2.05, 4.69) is 9.44 Å². The largest absolute Gasteiger partial charge is 0.459 e. The highest BCUT2D eigenvalue weighted by Gasteiger charge is 2.11. The molecule has 1 aromatic carbocycles. The highest BCUT2D eigenvalue weighted by molar-refractivity contribution is 7.90. The summed E-state index contributed by atoms with van der Waals surface area (Å²) in [7, 11) is -2.30. The van der Waals surface area contributed by atoms with E-state index in [4.69, 9.17) is 4.74 Å². The molecule has 0 saturated carbocycles. The van der Waals surface area contributed by atoms with Crippen LogP contribution in [0.25, 0.3) is 0 Å². The fraction of sp³-hybridized carbons (Fsp3) is 0.364. The minimum Gasteiger partial charge on any atom is -0.459 e. The van der Waals surface area contributed by atoms with Gasteiger partial charge in [-0.2, -0.15) is 8.42 Å². The van der Waals surface area contributed by atoms with E-state index in [-0.39, 0.29) is 6.10 Å². The molecule has 100 valence electrons. The quantitative estimate of drug-likeness (QED) is 0.787. The predicted molar refractivity (Wildman–Crippen MR) is 68.6 cm³/mol. The van der Waals surface area contributed by atoms with Crippen LogP contribution in [-0.2, 0) is 14.9 Å². The van der Waals surface area contributed by atoms with E-state index in [9.17, 15) is 13.2 Å². The number of rotatable bonds is 5. The fourth-order valence-electron chi connectivity index (χ4n) is 1.20. The molecule has 0 amide bonds. The van der Waals surface area contributed by atoms with Gasteiger partial charge in [0.05, 0.1) is 17.4 Å². The Morgan fingerprint density at radius 1 is 1.33 bits per heavy atom. The fourth-order valence-corrected chi connectivity index (χ4v) is 1.74. The molecule has 1 rings (SSSR count). The van der Waals surface area contributed by atoms with E-state index in [1.165, 1.54) is 13.1 Å². The number of benzene rings is 1. The van der Waals surface area contributed by atoms with Gasteiger partial charge in [-0.3, -0.25) is 4.72 Å². The Morgan fingerprint density at radius 3 is 2.56 bits per heavy atom. The number of anilines is 1. The molecule has 18 heavy (non-hydrogen) atoms. The molecule has 6 nitrogen and oxygen atoms in total. The van der Waals surface area contributed by atoms with Crippen molar-refractivity contribution in [2.24, 2.45) is 0 Å². The molecule has 0 unspecified atom stereocenters. The number of ether oxygens (including phenoxy) is 1. The number of esters is 1. The van der Waals surface area contributed by atoms with Gasteiger partial charge in [-0.15, -0.1) is 0 Å². The minimum atomic E-state index is -3.59. The second kappa shape index (κ2) is 5.83. The van der Waals surface area contributed by atoms with Gasteiger partial charge in [0.15, 0.2) is 0 Å². The van der Waals surface area contributed by atoms with Crippen molar-refractivity contribution in [1.82, 2.24) is 4.72 Å². The Kier molecular flexibility index (Phi) is 4.69. The normalized spacial score (nSPS) is 11.3. The van der Waals surface area contributed by atoms with Gasteiger partial charge in [0.1, 0.15) is 0 Å². The minimum absolute atomic E-state index is 0.227. The van der Waals surface area contributed by atoms with Gasteiger partial charge in [-0.05, 0) is 32.0 Å². The van der Waals surface area contributed by atoms with E-state index < -0.39 is 16.2 Å². The monoisotopic (exact) mass is 272 g/mol. The van der Waals surface area contributed by atoms with Crippen LogP contribution < -0.4 is 9.44 Å². The van der Waals surface area contributed by atoms with Crippen LogP contribution >= 0.6 is 0 Å². The Balaban J connectivity index is 2.89. The van der Waals surface area contributed by atoms with Crippen molar-refractivity contribution < 1.29 is 17.9 Å². The van der Waals surface area contributed by atoms with Gasteiger partial charge >= 0.3 is 5.97 Å². The second-order valence-corrected chi connectivity index (χ2v) is 5.46. The maximum absolute atomic E-state index is 11.6. The summed E-state index contributed by atoms with van der Waals surface area (Å²) < 4.78 is 32.0. The molecule has 0 aliphatic rings. The van der Waals surface area contributed by atoms with E-state index in [1.54, 1.807) is 32.0 Å². The Morgan fingerprint density at radius 2 is 2.00 bits per heavy atom. The van der Waals surface area contributed by atoms with E-state index in [0.717, 1.165) is 0 Å². The Hall–Kier alpha value is -1.60. The van der Waals surface area contributed by atoms with E-state index >= 15 is 0 Å². The topological polar surface area (TPSA) is 84.5 Å². The molecule has 0 atom stereocenters. The zero-order valence-electron chi connectivity index (χ0n) is 10.4. The third-order valence-electron chi connectivity index (χ3n) is 1.96. The molecule has 0 radical (unpaired) electrons. The van der Waals surface area contributed by atoms with Crippen molar-refractivity contribution in [2.75, 3.05) is 11.8 Å². The lowest BCUT2D eigenvalue weighted by Crippen LogP contribution is -2.26. The van der Waals surface area contributed by atoms with E-state index in [1.807, 2.05) is 0 Å². The smallest absolute Gasteiger partial charge is 0.338 e. The number of nitrogens with one attached hydrogen (secondary N) is 2.